The van der Waals surface area contributed by atoms with Crippen molar-refractivity contribution in [3.05, 3.63) is 27.7 Å². The molecule has 2 fully saturated rings. The van der Waals surface area contributed by atoms with Gasteiger partial charge in [0.25, 0.3) is 5.56 Å². The van der Waals surface area contributed by atoms with Crippen LogP contribution in [0.5, 0.6) is 0 Å². The van der Waals surface area contributed by atoms with Crippen molar-refractivity contribution < 1.29 is 4.74 Å². The molecule has 27 heavy (non-hydrogen) atoms. The average Bonchev–Trinajstić information content (AvgIpc) is 2.72. The first-order chi connectivity index (χ1) is 13.3. The van der Waals surface area contributed by atoms with Crippen LogP contribution in [-0.2, 0) is 23.5 Å². The van der Waals surface area contributed by atoms with E-state index in [-0.39, 0.29) is 5.56 Å². The molecule has 0 saturated carbocycles. The number of nitrogens with zero attached hydrogens (tertiary/aromatic N) is 3. The Balaban J connectivity index is 1.33. The van der Waals surface area contributed by atoms with Crippen LogP contribution in [0.3, 0.4) is 0 Å². The maximum Gasteiger partial charge on any atom is 0.267 e. The highest BCUT2D eigenvalue weighted by atomic mass is 32.2. The molecule has 1 atom stereocenters. The number of rotatable bonds is 6. The van der Waals surface area contributed by atoms with Crippen LogP contribution in [0, 0.1) is 0 Å². The first-order valence-corrected chi connectivity index (χ1v) is 11.7. The second-order valence-corrected chi connectivity index (χ2v) is 9.07. The topological polar surface area (TPSA) is 59.4 Å². The summed E-state index contributed by atoms with van der Waals surface area (Å²) in [5.74, 6) is 2.05. The minimum atomic E-state index is 0.0603. The van der Waals surface area contributed by atoms with Crippen LogP contribution in [0.15, 0.2) is 10.9 Å². The van der Waals surface area contributed by atoms with Crippen molar-refractivity contribution in [3.63, 3.8) is 0 Å². The molecule has 4 rings (SSSR count). The lowest BCUT2D eigenvalue weighted by Crippen LogP contribution is -2.49. The molecular weight excluding hydrogens is 360 g/mol. The molecule has 2 saturated heterocycles. The van der Waals surface area contributed by atoms with Crippen LogP contribution in [0.1, 0.15) is 43.4 Å². The molecule has 7 heteroatoms. The lowest BCUT2D eigenvalue weighted by Gasteiger charge is -2.37. The maximum atomic E-state index is 12.4. The summed E-state index contributed by atoms with van der Waals surface area (Å²) < 4.78 is 7.16. The van der Waals surface area contributed by atoms with Crippen LogP contribution in [0.25, 0.3) is 0 Å². The van der Waals surface area contributed by atoms with E-state index in [9.17, 15) is 4.79 Å². The van der Waals surface area contributed by atoms with Gasteiger partial charge in [0.15, 0.2) is 0 Å². The van der Waals surface area contributed by atoms with Gasteiger partial charge in [0.05, 0.1) is 12.2 Å². The Bertz CT molecular complexity index is 674. The third kappa shape index (κ3) is 5.13. The number of hydrogen-bond donors (Lipinski definition) is 1. The van der Waals surface area contributed by atoms with Gasteiger partial charge >= 0.3 is 0 Å². The van der Waals surface area contributed by atoms with Crippen molar-refractivity contribution in [2.24, 2.45) is 0 Å². The number of fused-ring (bicyclic) bond motifs is 1. The Labute approximate surface area is 166 Å². The lowest BCUT2D eigenvalue weighted by molar-refractivity contribution is 0.0719. The highest BCUT2D eigenvalue weighted by Crippen LogP contribution is 2.21. The minimum absolute atomic E-state index is 0.0603. The second-order valence-electron chi connectivity index (χ2n) is 7.96. The van der Waals surface area contributed by atoms with Gasteiger partial charge in [-0.05, 0) is 43.5 Å². The van der Waals surface area contributed by atoms with Crippen molar-refractivity contribution in [2.75, 3.05) is 38.6 Å². The van der Waals surface area contributed by atoms with Crippen LogP contribution >= 0.6 is 11.8 Å². The Kier molecular flexibility index (Phi) is 6.87. The second kappa shape index (κ2) is 9.54. The zero-order valence-corrected chi connectivity index (χ0v) is 17.0. The van der Waals surface area contributed by atoms with E-state index < -0.39 is 0 Å². The van der Waals surface area contributed by atoms with E-state index in [2.05, 4.69) is 15.3 Å². The lowest BCUT2D eigenvalue weighted by atomic mass is 10.0. The molecular formula is C20H32N4O2S. The standard InChI is InChI=1S/C20H32N4O2S/c25-20-13-16-15-27-12-6-19(16)22-24(20)9-8-23-7-2-1-3-18(23)14-21-17-4-10-26-11-5-17/h13,17-18,21H,1-12,14-15H2. The predicted octanol–water partition coefficient (Wildman–Crippen LogP) is 1.66. The monoisotopic (exact) mass is 392 g/mol. The van der Waals surface area contributed by atoms with Gasteiger partial charge in [-0.1, -0.05) is 6.42 Å². The number of aryl methyl sites for hydroxylation is 1. The quantitative estimate of drug-likeness (QED) is 0.795. The zero-order valence-electron chi connectivity index (χ0n) is 16.2. The summed E-state index contributed by atoms with van der Waals surface area (Å²) in [4.78, 5) is 15.0. The molecule has 150 valence electrons. The summed E-state index contributed by atoms with van der Waals surface area (Å²) in [5.41, 5.74) is 2.33. The van der Waals surface area contributed by atoms with Crippen molar-refractivity contribution in [3.8, 4) is 0 Å². The van der Waals surface area contributed by atoms with Crippen LogP contribution in [0.4, 0.5) is 0 Å². The van der Waals surface area contributed by atoms with Crippen LogP contribution in [0.2, 0.25) is 0 Å². The van der Waals surface area contributed by atoms with E-state index in [1.165, 1.54) is 19.3 Å². The Morgan fingerprint density at radius 2 is 2.11 bits per heavy atom. The fraction of sp³-hybridized carbons (Fsp3) is 0.800. The first kappa shape index (κ1) is 19.4. The predicted molar refractivity (Wildman–Crippen MR) is 109 cm³/mol. The average molecular weight is 393 g/mol. The minimum Gasteiger partial charge on any atom is -0.381 e. The molecule has 1 unspecified atom stereocenters. The number of piperidine rings is 1. The van der Waals surface area contributed by atoms with Crippen molar-refractivity contribution in [1.82, 2.24) is 20.0 Å². The van der Waals surface area contributed by atoms with E-state index in [0.717, 1.165) is 74.9 Å². The van der Waals surface area contributed by atoms with E-state index in [1.54, 1.807) is 4.68 Å². The highest BCUT2D eigenvalue weighted by Gasteiger charge is 2.24. The van der Waals surface area contributed by atoms with Gasteiger partial charge in [-0.25, -0.2) is 4.68 Å². The number of nitrogens with one attached hydrogen (secondary N) is 1. The molecule has 6 nitrogen and oxygen atoms in total. The van der Waals surface area contributed by atoms with Gasteiger partial charge in [-0.2, -0.15) is 16.9 Å². The molecule has 3 aliphatic rings. The smallest absolute Gasteiger partial charge is 0.267 e. The van der Waals surface area contributed by atoms with E-state index in [0.29, 0.717) is 18.6 Å². The van der Waals surface area contributed by atoms with Crippen molar-refractivity contribution in [2.45, 2.75) is 62.9 Å². The molecule has 0 spiro atoms. The number of likely N-dealkylation sites (tertiary alicyclic amines) is 1. The molecule has 4 heterocycles. The summed E-state index contributed by atoms with van der Waals surface area (Å²) in [6, 6.07) is 2.99. The molecule has 0 bridgehead atoms. The van der Waals surface area contributed by atoms with Crippen molar-refractivity contribution >= 4 is 11.8 Å². The SMILES string of the molecule is O=c1cc2c(nn1CCN1CCCCC1CNC1CCOCC1)CCSC2. The summed E-state index contributed by atoms with van der Waals surface area (Å²) in [5, 5.41) is 8.44. The maximum absolute atomic E-state index is 12.4. The van der Waals surface area contributed by atoms with E-state index >= 15 is 0 Å². The Morgan fingerprint density at radius 3 is 3.00 bits per heavy atom. The van der Waals surface area contributed by atoms with Gasteiger partial charge in [-0.3, -0.25) is 9.69 Å². The fourth-order valence-electron chi connectivity index (χ4n) is 4.43. The third-order valence-corrected chi connectivity index (χ3v) is 7.12. The summed E-state index contributed by atoms with van der Waals surface area (Å²) in [7, 11) is 0. The molecule has 1 N–H and O–H groups in total. The summed E-state index contributed by atoms with van der Waals surface area (Å²) in [6.07, 6.45) is 7.06. The molecule has 0 radical (unpaired) electrons. The van der Waals surface area contributed by atoms with Gasteiger partial charge in [-0.15, -0.1) is 0 Å². The number of hydrogen-bond acceptors (Lipinski definition) is 6. The third-order valence-electron chi connectivity index (χ3n) is 6.12. The molecule has 0 amide bonds. The van der Waals surface area contributed by atoms with Crippen LogP contribution < -0.4 is 10.9 Å². The normalized spacial score (nSPS) is 24.7. The van der Waals surface area contributed by atoms with Gasteiger partial charge in [0.1, 0.15) is 0 Å². The van der Waals surface area contributed by atoms with Crippen molar-refractivity contribution in [1.29, 1.82) is 0 Å². The number of aromatic nitrogens is 2. The van der Waals surface area contributed by atoms with Gasteiger partial charge in [0, 0.05) is 56.6 Å². The van der Waals surface area contributed by atoms with Crippen LogP contribution in [-0.4, -0.2) is 65.4 Å². The zero-order chi connectivity index (χ0) is 18.5. The molecule has 0 aromatic carbocycles. The number of ether oxygens (including phenoxy) is 1. The Hall–Kier alpha value is -0.890. The largest absolute Gasteiger partial charge is 0.381 e. The molecule has 1 aromatic rings. The summed E-state index contributed by atoms with van der Waals surface area (Å²) >= 11 is 1.89. The van der Waals surface area contributed by atoms with E-state index in [1.807, 2.05) is 17.8 Å². The fourth-order valence-corrected chi connectivity index (χ4v) is 5.38. The molecule has 3 aliphatic heterocycles. The molecule has 0 aliphatic carbocycles. The number of thioether (sulfide) groups is 1. The summed E-state index contributed by atoms with van der Waals surface area (Å²) in [6.45, 7) is 5.58. The highest BCUT2D eigenvalue weighted by molar-refractivity contribution is 7.98. The Morgan fingerprint density at radius 1 is 1.22 bits per heavy atom. The van der Waals surface area contributed by atoms with E-state index in [4.69, 9.17) is 4.74 Å². The van der Waals surface area contributed by atoms with Gasteiger partial charge < -0.3 is 10.1 Å². The van der Waals surface area contributed by atoms with Gasteiger partial charge in [0.2, 0.25) is 0 Å². The molecule has 1 aromatic heterocycles. The first-order valence-electron chi connectivity index (χ1n) is 10.5.